The molecule has 0 saturated heterocycles. The van der Waals surface area contributed by atoms with Gasteiger partial charge in [-0.05, 0) is 75.3 Å². The average molecular weight is 491 g/mol. The molecule has 35 heavy (non-hydrogen) atoms. The predicted octanol–water partition coefficient (Wildman–Crippen LogP) is 8.56. The average Bonchev–Trinajstić information content (AvgIpc) is 2.78. The molecule has 1 aromatic rings. The SMILES string of the molecule is [2H]C(=O)c1c2c(c(C)c(C([2H])([2H])[2H])c1OC(C)=O)O[C@](C)(CCC[C@H](C)CCC[C@H](C)CCCC(C)C)CC2. The molecule has 0 N–H and O–H groups in total. The van der Waals surface area contributed by atoms with Gasteiger partial charge >= 0.3 is 5.97 Å². The quantitative estimate of drug-likeness (QED) is 0.149. The summed E-state index contributed by atoms with van der Waals surface area (Å²) in [6.07, 6.45) is 10.7. The minimum Gasteiger partial charge on any atom is -0.487 e. The van der Waals surface area contributed by atoms with E-state index in [4.69, 9.17) is 15.0 Å². The van der Waals surface area contributed by atoms with Crippen LogP contribution in [0.15, 0.2) is 0 Å². The van der Waals surface area contributed by atoms with Crippen molar-refractivity contribution in [2.24, 2.45) is 17.8 Å². The van der Waals surface area contributed by atoms with E-state index in [0.29, 0.717) is 35.6 Å². The third-order valence-corrected chi connectivity index (χ3v) is 7.62. The third kappa shape index (κ3) is 8.65. The second-order valence-electron chi connectivity index (χ2n) is 11.6. The van der Waals surface area contributed by atoms with Crippen molar-refractivity contribution in [3.8, 4) is 11.5 Å². The van der Waals surface area contributed by atoms with Gasteiger partial charge in [-0.1, -0.05) is 72.6 Å². The van der Waals surface area contributed by atoms with Gasteiger partial charge in [0.25, 0.3) is 0 Å². The van der Waals surface area contributed by atoms with E-state index < -0.39 is 24.7 Å². The van der Waals surface area contributed by atoms with E-state index in [1.165, 1.54) is 38.5 Å². The van der Waals surface area contributed by atoms with Crippen LogP contribution in [-0.2, 0) is 11.2 Å². The number of carbonyl (C=O) groups excluding carboxylic acids is 2. The van der Waals surface area contributed by atoms with E-state index >= 15 is 0 Å². The van der Waals surface area contributed by atoms with Gasteiger partial charge in [0.15, 0.2) is 6.26 Å². The van der Waals surface area contributed by atoms with E-state index in [0.717, 1.165) is 38.0 Å². The zero-order valence-electron chi connectivity index (χ0n) is 27.1. The van der Waals surface area contributed by atoms with Gasteiger partial charge in [-0.15, -0.1) is 0 Å². The Labute approximate surface area is 220 Å². The molecular formula is C31H50O4. The van der Waals surface area contributed by atoms with Crippen molar-refractivity contribution < 1.29 is 24.5 Å². The van der Waals surface area contributed by atoms with Crippen LogP contribution in [0, 0.1) is 31.5 Å². The van der Waals surface area contributed by atoms with Crippen molar-refractivity contribution in [1.29, 1.82) is 0 Å². The van der Waals surface area contributed by atoms with Gasteiger partial charge < -0.3 is 9.47 Å². The van der Waals surface area contributed by atoms with E-state index in [9.17, 15) is 9.59 Å². The maximum absolute atomic E-state index is 12.4. The highest BCUT2D eigenvalue weighted by Gasteiger charge is 2.35. The molecule has 0 radical (unpaired) electrons. The Balaban J connectivity index is 2.06. The van der Waals surface area contributed by atoms with E-state index in [2.05, 4.69) is 27.7 Å². The Morgan fingerprint density at radius 2 is 1.69 bits per heavy atom. The zero-order valence-corrected chi connectivity index (χ0v) is 23.1. The van der Waals surface area contributed by atoms with E-state index in [1.807, 2.05) is 6.92 Å². The Bertz CT molecular complexity index is 1000. The van der Waals surface area contributed by atoms with Crippen LogP contribution < -0.4 is 9.47 Å². The number of fused-ring (bicyclic) bond motifs is 1. The molecule has 0 unspecified atom stereocenters. The fourth-order valence-corrected chi connectivity index (χ4v) is 5.28. The zero-order chi connectivity index (χ0) is 29.5. The predicted molar refractivity (Wildman–Crippen MR) is 145 cm³/mol. The molecule has 1 aliphatic heterocycles. The largest absolute Gasteiger partial charge is 0.487 e. The molecule has 1 aliphatic rings. The van der Waals surface area contributed by atoms with Crippen LogP contribution in [0.25, 0.3) is 0 Å². The number of hydrogen-bond acceptors (Lipinski definition) is 4. The maximum Gasteiger partial charge on any atom is 0.308 e. The lowest BCUT2D eigenvalue weighted by atomic mass is 9.83. The molecule has 4 nitrogen and oxygen atoms in total. The first kappa shape index (κ1) is 23.6. The maximum atomic E-state index is 12.4. The minimum atomic E-state index is -2.65. The topological polar surface area (TPSA) is 52.6 Å². The highest BCUT2D eigenvalue weighted by Crippen LogP contribution is 2.44. The van der Waals surface area contributed by atoms with Crippen molar-refractivity contribution in [3.63, 3.8) is 0 Å². The summed E-state index contributed by atoms with van der Waals surface area (Å²) < 4.78 is 43.7. The van der Waals surface area contributed by atoms with Crippen molar-refractivity contribution >= 4 is 12.2 Å². The molecular weight excluding hydrogens is 436 g/mol. The molecule has 0 aromatic heterocycles. The van der Waals surface area contributed by atoms with Crippen molar-refractivity contribution in [2.45, 2.75) is 132 Å². The van der Waals surface area contributed by atoms with E-state index in [-0.39, 0.29) is 16.9 Å². The van der Waals surface area contributed by atoms with Gasteiger partial charge in [-0.2, -0.15) is 0 Å². The number of hydrogen-bond donors (Lipinski definition) is 0. The number of ether oxygens (including phenoxy) is 2. The summed E-state index contributed by atoms with van der Waals surface area (Å²) in [6.45, 7) is 11.4. The standard InChI is InChI=1S/C31H50O4/c1-21(2)12-9-13-22(3)14-10-15-23(4)16-11-18-31(8)19-17-27-28(20-32)29(34-26(7)33)24(5)25(6)30(27)35-31/h20-23H,9-19H2,1-8H3/t22-,23-,31-/m1/s1/i5D3,20D. The fourth-order valence-electron chi connectivity index (χ4n) is 5.28. The lowest BCUT2D eigenvalue weighted by Gasteiger charge is -2.38. The summed E-state index contributed by atoms with van der Waals surface area (Å²) >= 11 is 0. The first-order valence-electron chi connectivity index (χ1n) is 15.6. The highest BCUT2D eigenvalue weighted by molar-refractivity contribution is 5.87. The fraction of sp³-hybridized carbons (Fsp3) is 0.742. The normalized spacial score (nSPS) is 21.1. The molecule has 1 heterocycles. The van der Waals surface area contributed by atoms with E-state index in [1.54, 1.807) is 6.92 Å². The van der Waals surface area contributed by atoms with Gasteiger partial charge in [0, 0.05) is 16.6 Å². The highest BCUT2D eigenvalue weighted by atomic mass is 16.5. The number of benzene rings is 1. The molecule has 0 fully saturated rings. The third-order valence-electron chi connectivity index (χ3n) is 7.62. The molecule has 0 spiro atoms. The Morgan fingerprint density at radius 1 is 1.09 bits per heavy atom. The molecule has 0 aliphatic carbocycles. The second kappa shape index (κ2) is 13.5. The van der Waals surface area contributed by atoms with Gasteiger partial charge in [-0.25, -0.2) is 0 Å². The minimum absolute atomic E-state index is 0.175. The van der Waals surface area contributed by atoms with Gasteiger partial charge in [0.05, 0.1) is 5.56 Å². The van der Waals surface area contributed by atoms with Crippen LogP contribution in [0.1, 0.15) is 138 Å². The summed E-state index contributed by atoms with van der Waals surface area (Å²) in [6, 6.07) is 0. The molecule has 0 saturated carbocycles. The second-order valence-corrected chi connectivity index (χ2v) is 11.6. The Morgan fingerprint density at radius 3 is 2.23 bits per heavy atom. The molecule has 198 valence electrons. The molecule has 2 rings (SSSR count). The van der Waals surface area contributed by atoms with Gasteiger partial charge in [-0.3, -0.25) is 9.59 Å². The summed E-state index contributed by atoms with van der Waals surface area (Å²) in [5, 5.41) is 0. The van der Waals surface area contributed by atoms with Crippen LogP contribution >= 0.6 is 0 Å². The lowest BCUT2D eigenvalue weighted by Crippen LogP contribution is -2.37. The molecule has 4 heteroatoms. The van der Waals surface area contributed by atoms with Crippen LogP contribution in [-0.4, -0.2) is 17.8 Å². The smallest absolute Gasteiger partial charge is 0.308 e. The van der Waals surface area contributed by atoms with Crippen molar-refractivity contribution in [3.05, 3.63) is 22.3 Å². The van der Waals surface area contributed by atoms with Crippen molar-refractivity contribution in [1.82, 2.24) is 0 Å². The van der Waals surface area contributed by atoms with Crippen LogP contribution in [0.3, 0.4) is 0 Å². The first-order valence-corrected chi connectivity index (χ1v) is 13.6. The summed E-state index contributed by atoms with van der Waals surface area (Å²) in [5.41, 5.74) is -0.104. The monoisotopic (exact) mass is 490 g/mol. The molecule has 3 atom stereocenters. The number of esters is 1. The summed E-state index contributed by atoms with van der Waals surface area (Å²) in [4.78, 5) is 24.1. The van der Waals surface area contributed by atoms with Crippen LogP contribution in [0.5, 0.6) is 11.5 Å². The molecule has 0 amide bonds. The van der Waals surface area contributed by atoms with Crippen LogP contribution in [0.2, 0.25) is 0 Å². The first-order chi connectivity index (χ1) is 18.1. The van der Waals surface area contributed by atoms with Gasteiger partial charge in [0.1, 0.15) is 18.5 Å². The van der Waals surface area contributed by atoms with Gasteiger partial charge in [0.2, 0.25) is 0 Å². The molecule has 0 bridgehead atoms. The Hall–Kier alpha value is -1.84. The Kier molecular flexibility index (Phi) is 9.06. The van der Waals surface area contributed by atoms with Crippen LogP contribution in [0.4, 0.5) is 0 Å². The lowest BCUT2D eigenvalue weighted by molar-refractivity contribution is -0.131. The summed E-state index contributed by atoms with van der Waals surface area (Å²) in [5.74, 6) is 1.49. The number of rotatable bonds is 14. The number of carbonyl (C=O) groups is 2. The number of aldehydes is 1. The van der Waals surface area contributed by atoms with Crippen molar-refractivity contribution in [2.75, 3.05) is 0 Å². The molecule has 1 aromatic carbocycles. The summed E-state index contributed by atoms with van der Waals surface area (Å²) in [7, 11) is 0.